The first-order chi connectivity index (χ1) is 9.52. The molecule has 4 N–H and O–H groups in total. The maximum Gasteiger partial charge on any atom is 0.435 e. The summed E-state index contributed by atoms with van der Waals surface area (Å²) in [5.74, 6) is -0.340. The Morgan fingerprint density at radius 2 is 1.57 bits per heavy atom. The monoisotopic (exact) mass is 318 g/mol. The molecule has 0 bridgehead atoms. The van der Waals surface area contributed by atoms with Gasteiger partial charge in [0.25, 0.3) is 0 Å². The van der Waals surface area contributed by atoms with Crippen molar-refractivity contribution in [2.75, 3.05) is 13.1 Å². The van der Waals surface area contributed by atoms with Gasteiger partial charge in [0, 0.05) is 12.6 Å². The van der Waals surface area contributed by atoms with Crippen molar-refractivity contribution in [1.29, 1.82) is 0 Å². The van der Waals surface area contributed by atoms with Gasteiger partial charge in [-0.25, -0.2) is 0 Å². The Labute approximate surface area is 117 Å². The van der Waals surface area contributed by atoms with Crippen LogP contribution in [0.2, 0.25) is 0 Å². The van der Waals surface area contributed by atoms with E-state index in [2.05, 4.69) is 5.10 Å². The maximum atomic E-state index is 12.9. The minimum Gasteiger partial charge on any atom is -0.330 e. The van der Waals surface area contributed by atoms with Gasteiger partial charge >= 0.3 is 12.4 Å². The lowest BCUT2D eigenvalue weighted by Gasteiger charge is -2.15. The van der Waals surface area contributed by atoms with E-state index in [-0.39, 0.29) is 30.1 Å². The zero-order valence-electron chi connectivity index (χ0n) is 11.2. The smallest absolute Gasteiger partial charge is 0.330 e. The summed E-state index contributed by atoms with van der Waals surface area (Å²) < 4.78 is 77.5. The van der Waals surface area contributed by atoms with E-state index < -0.39 is 35.7 Å². The van der Waals surface area contributed by atoms with Crippen LogP contribution < -0.4 is 11.5 Å². The average molecular weight is 318 g/mol. The standard InChI is InChI=1S/C11H16F6N4/c1-21-9(11(15,16)17)7(3-2-6(4-18)5-19)8(20-21)10(12,13)14/h6H,2-5,18-19H2,1H3. The van der Waals surface area contributed by atoms with Crippen LogP contribution in [0.5, 0.6) is 0 Å². The normalized spacial score (nSPS) is 13.2. The van der Waals surface area contributed by atoms with E-state index in [1.807, 2.05) is 0 Å². The van der Waals surface area contributed by atoms with Gasteiger partial charge < -0.3 is 11.5 Å². The molecule has 0 atom stereocenters. The van der Waals surface area contributed by atoms with Crippen molar-refractivity contribution in [2.45, 2.75) is 25.2 Å². The molecular formula is C11H16F6N4. The highest BCUT2D eigenvalue weighted by molar-refractivity contribution is 5.31. The first-order valence-electron chi connectivity index (χ1n) is 6.12. The van der Waals surface area contributed by atoms with Crippen molar-refractivity contribution in [3.05, 3.63) is 17.0 Å². The van der Waals surface area contributed by atoms with Gasteiger partial charge in [-0.05, 0) is 31.8 Å². The summed E-state index contributed by atoms with van der Waals surface area (Å²) in [5, 5.41) is 2.99. The molecule has 0 aliphatic carbocycles. The molecule has 0 unspecified atom stereocenters. The van der Waals surface area contributed by atoms with Gasteiger partial charge in [0.15, 0.2) is 5.69 Å². The largest absolute Gasteiger partial charge is 0.435 e. The Kier molecular flexibility index (Phi) is 5.26. The van der Waals surface area contributed by atoms with Crippen molar-refractivity contribution in [3.63, 3.8) is 0 Å². The first kappa shape index (κ1) is 17.8. The van der Waals surface area contributed by atoms with Crippen LogP contribution >= 0.6 is 0 Å². The molecule has 4 nitrogen and oxygen atoms in total. The van der Waals surface area contributed by atoms with E-state index in [1.165, 1.54) is 0 Å². The number of halogens is 6. The number of aromatic nitrogens is 2. The summed E-state index contributed by atoms with van der Waals surface area (Å²) in [6.07, 6.45) is -10.3. The predicted molar refractivity (Wildman–Crippen MR) is 63.1 cm³/mol. The van der Waals surface area contributed by atoms with Gasteiger partial charge in [0.05, 0.1) is 0 Å². The van der Waals surface area contributed by atoms with E-state index >= 15 is 0 Å². The van der Waals surface area contributed by atoms with Crippen LogP contribution in [-0.4, -0.2) is 22.9 Å². The van der Waals surface area contributed by atoms with Crippen LogP contribution in [0, 0.1) is 5.92 Å². The van der Waals surface area contributed by atoms with E-state index in [0.29, 0.717) is 0 Å². The van der Waals surface area contributed by atoms with Gasteiger partial charge in [-0.15, -0.1) is 0 Å². The summed E-state index contributed by atoms with van der Waals surface area (Å²) in [7, 11) is 0.838. The van der Waals surface area contributed by atoms with Crippen LogP contribution in [0.4, 0.5) is 26.3 Å². The molecule has 21 heavy (non-hydrogen) atoms. The number of nitrogens with two attached hydrogens (primary N) is 2. The van der Waals surface area contributed by atoms with Gasteiger partial charge in [-0.1, -0.05) is 0 Å². The second kappa shape index (κ2) is 6.22. The minimum absolute atomic E-state index is 0.0326. The van der Waals surface area contributed by atoms with Gasteiger partial charge in [0.2, 0.25) is 0 Å². The molecule has 0 radical (unpaired) electrons. The van der Waals surface area contributed by atoms with Crippen LogP contribution in [0.25, 0.3) is 0 Å². The average Bonchev–Trinajstić information content (AvgIpc) is 2.67. The van der Waals surface area contributed by atoms with E-state index in [1.54, 1.807) is 0 Å². The van der Waals surface area contributed by atoms with Crippen LogP contribution in [-0.2, 0) is 25.8 Å². The molecular weight excluding hydrogens is 302 g/mol. The van der Waals surface area contributed by atoms with Gasteiger partial charge in [-0.3, -0.25) is 4.68 Å². The molecule has 0 aliphatic heterocycles. The second-order valence-electron chi connectivity index (χ2n) is 4.67. The topological polar surface area (TPSA) is 69.9 Å². The lowest BCUT2D eigenvalue weighted by atomic mass is 9.97. The fourth-order valence-electron chi connectivity index (χ4n) is 2.07. The Bertz CT molecular complexity index is 472. The SMILES string of the molecule is Cn1nc(C(F)(F)F)c(CCC(CN)CN)c1C(F)(F)F. The Balaban J connectivity index is 3.25. The molecule has 0 amide bonds. The number of rotatable bonds is 5. The molecule has 1 rings (SSSR count). The summed E-state index contributed by atoms with van der Waals surface area (Å²) in [6, 6.07) is 0. The van der Waals surface area contributed by atoms with Crippen LogP contribution in [0.3, 0.4) is 0 Å². The molecule has 0 fully saturated rings. The highest BCUT2D eigenvalue weighted by Crippen LogP contribution is 2.39. The van der Waals surface area contributed by atoms with Gasteiger partial charge in [-0.2, -0.15) is 31.4 Å². The Hall–Kier alpha value is -1.29. The Morgan fingerprint density at radius 3 is 1.95 bits per heavy atom. The fourth-order valence-corrected chi connectivity index (χ4v) is 2.07. The zero-order chi connectivity index (χ0) is 16.4. The molecule has 0 saturated carbocycles. The van der Waals surface area contributed by atoms with Gasteiger partial charge in [0.1, 0.15) is 5.69 Å². The quantitative estimate of drug-likeness (QED) is 0.815. The third kappa shape index (κ3) is 4.10. The molecule has 0 spiro atoms. The number of hydrogen-bond acceptors (Lipinski definition) is 3. The van der Waals surface area contributed by atoms with Crippen molar-refractivity contribution >= 4 is 0 Å². The summed E-state index contributed by atoms with van der Waals surface area (Å²) in [4.78, 5) is 0. The number of hydrogen-bond donors (Lipinski definition) is 2. The third-order valence-electron chi connectivity index (χ3n) is 3.15. The molecule has 0 aliphatic rings. The van der Waals surface area contributed by atoms with E-state index in [9.17, 15) is 26.3 Å². The summed E-state index contributed by atoms with van der Waals surface area (Å²) in [5.41, 5.74) is 6.96. The number of aryl methyl sites for hydroxylation is 1. The van der Waals surface area contributed by atoms with E-state index in [4.69, 9.17) is 11.5 Å². The van der Waals surface area contributed by atoms with E-state index in [0.717, 1.165) is 7.05 Å². The third-order valence-corrected chi connectivity index (χ3v) is 3.15. The van der Waals surface area contributed by atoms with Crippen molar-refractivity contribution in [3.8, 4) is 0 Å². The van der Waals surface area contributed by atoms with Crippen molar-refractivity contribution < 1.29 is 26.3 Å². The second-order valence-corrected chi connectivity index (χ2v) is 4.67. The summed E-state index contributed by atoms with van der Waals surface area (Å²) >= 11 is 0. The summed E-state index contributed by atoms with van der Waals surface area (Å²) in [6.45, 7) is 0.193. The van der Waals surface area contributed by atoms with Crippen LogP contribution in [0.15, 0.2) is 0 Å². The fraction of sp³-hybridized carbons (Fsp3) is 0.727. The highest BCUT2D eigenvalue weighted by Gasteiger charge is 2.45. The minimum atomic E-state index is -4.95. The zero-order valence-corrected chi connectivity index (χ0v) is 11.2. The van der Waals surface area contributed by atoms with Crippen molar-refractivity contribution in [2.24, 2.45) is 24.4 Å². The molecule has 1 aromatic heterocycles. The molecule has 122 valence electrons. The molecule has 1 heterocycles. The molecule has 1 aromatic rings. The molecule has 0 aromatic carbocycles. The maximum absolute atomic E-state index is 12.9. The predicted octanol–water partition coefficient (Wildman–Crippen LogP) is 1.92. The molecule has 10 heteroatoms. The van der Waals surface area contributed by atoms with Crippen molar-refractivity contribution in [1.82, 2.24) is 9.78 Å². The lowest BCUT2D eigenvalue weighted by molar-refractivity contribution is -0.145. The van der Waals surface area contributed by atoms with Crippen LogP contribution in [0.1, 0.15) is 23.4 Å². The Morgan fingerprint density at radius 1 is 1.05 bits per heavy atom. The molecule has 0 saturated heterocycles. The lowest BCUT2D eigenvalue weighted by Crippen LogP contribution is -2.24. The number of alkyl halides is 6. The highest BCUT2D eigenvalue weighted by atomic mass is 19.4. The number of nitrogens with zero attached hydrogens (tertiary/aromatic N) is 2. The first-order valence-corrected chi connectivity index (χ1v) is 6.12.